The highest BCUT2D eigenvalue weighted by atomic mass is 79.9. The molecule has 0 spiro atoms. The fourth-order valence-electron chi connectivity index (χ4n) is 1.71. The molecule has 21 heavy (non-hydrogen) atoms. The molecule has 0 saturated heterocycles. The molecule has 1 amide bonds. The van der Waals surface area contributed by atoms with Crippen LogP contribution in [0.15, 0.2) is 34.8 Å². The third-order valence-corrected chi connectivity index (χ3v) is 3.56. The summed E-state index contributed by atoms with van der Waals surface area (Å²) >= 11 is 3.22. The van der Waals surface area contributed by atoms with Crippen molar-refractivity contribution < 1.29 is 18.0 Å². The lowest BCUT2D eigenvalue weighted by atomic mass is 10.1. The molecule has 0 aliphatic heterocycles. The van der Waals surface area contributed by atoms with Gasteiger partial charge in [-0.25, -0.2) is 13.2 Å². The normalized spacial score (nSPS) is 10.5. The Morgan fingerprint density at radius 2 is 1.81 bits per heavy atom. The number of halogens is 4. The first-order valence-corrected chi connectivity index (χ1v) is 6.64. The Kier molecular flexibility index (Phi) is 4.52. The smallest absolute Gasteiger partial charge is 0.253 e. The molecular formula is C14H10BrF3N2O. The minimum atomic E-state index is -1.17. The zero-order valence-electron chi connectivity index (χ0n) is 10.6. The number of benzene rings is 2. The van der Waals surface area contributed by atoms with Crippen LogP contribution in [0, 0.1) is 17.5 Å². The van der Waals surface area contributed by atoms with Gasteiger partial charge in [-0.2, -0.15) is 0 Å². The van der Waals surface area contributed by atoms with Crippen LogP contribution in [0.5, 0.6) is 0 Å². The number of carbonyl (C=O) groups is 1. The van der Waals surface area contributed by atoms with Crippen molar-refractivity contribution in [2.45, 2.75) is 6.54 Å². The van der Waals surface area contributed by atoms with E-state index in [2.05, 4.69) is 21.2 Å². The summed E-state index contributed by atoms with van der Waals surface area (Å²) in [5.74, 6) is -3.42. The fraction of sp³-hybridized carbons (Fsp3) is 0.0714. The number of nitrogens with one attached hydrogen (secondary N) is 1. The summed E-state index contributed by atoms with van der Waals surface area (Å²) in [6.07, 6.45) is 0. The van der Waals surface area contributed by atoms with E-state index in [9.17, 15) is 18.0 Å². The highest BCUT2D eigenvalue weighted by Crippen LogP contribution is 2.19. The van der Waals surface area contributed by atoms with Gasteiger partial charge in [0.05, 0.1) is 5.56 Å². The molecule has 0 aliphatic rings. The molecule has 2 aromatic rings. The molecule has 3 N–H and O–H groups in total. The lowest BCUT2D eigenvalue weighted by Crippen LogP contribution is -2.24. The van der Waals surface area contributed by atoms with Crippen LogP contribution in [0.2, 0.25) is 0 Å². The van der Waals surface area contributed by atoms with Crippen LogP contribution in [0.1, 0.15) is 15.9 Å². The molecule has 0 fully saturated rings. The van der Waals surface area contributed by atoms with Crippen molar-refractivity contribution in [1.82, 2.24) is 5.32 Å². The number of nitrogen functional groups attached to an aromatic ring is 1. The van der Waals surface area contributed by atoms with E-state index in [1.807, 2.05) is 0 Å². The summed E-state index contributed by atoms with van der Waals surface area (Å²) < 4.78 is 39.8. The Labute approximate surface area is 127 Å². The second-order valence-corrected chi connectivity index (χ2v) is 5.13. The quantitative estimate of drug-likeness (QED) is 0.826. The maximum Gasteiger partial charge on any atom is 0.253 e. The Hall–Kier alpha value is -2.02. The Morgan fingerprint density at radius 1 is 1.14 bits per heavy atom. The van der Waals surface area contributed by atoms with Gasteiger partial charge < -0.3 is 11.1 Å². The lowest BCUT2D eigenvalue weighted by molar-refractivity contribution is 0.0951. The van der Waals surface area contributed by atoms with E-state index in [-0.39, 0.29) is 17.8 Å². The highest BCUT2D eigenvalue weighted by molar-refractivity contribution is 9.10. The predicted octanol–water partition coefficient (Wildman–Crippen LogP) is 3.38. The molecule has 0 heterocycles. The minimum Gasteiger partial charge on any atom is -0.398 e. The predicted molar refractivity (Wildman–Crippen MR) is 76.0 cm³/mol. The number of nitrogens with two attached hydrogens (primary N) is 1. The monoisotopic (exact) mass is 358 g/mol. The fourth-order valence-corrected chi connectivity index (χ4v) is 2.10. The minimum absolute atomic E-state index is 0.00954. The molecule has 2 rings (SSSR count). The van der Waals surface area contributed by atoms with Crippen molar-refractivity contribution in [3.05, 3.63) is 63.4 Å². The molecule has 110 valence electrons. The maximum absolute atomic E-state index is 13.1. The average Bonchev–Trinajstić information content (AvgIpc) is 2.43. The topological polar surface area (TPSA) is 55.1 Å². The Balaban J connectivity index is 2.15. The summed E-state index contributed by atoms with van der Waals surface area (Å²) in [6.45, 7) is 0.00954. The number of rotatable bonds is 3. The molecule has 3 nitrogen and oxygen atoms in total. The average molecular weight is 359 g/mol. The Morgan fingerprint density at radius 3 is 2.52 bits per heavy atom. The van der Waals surface area contributed by atoms with Crippen molar-refractivity contribution in [2.75, 3.05) is 5.73 Å². The van der Waals surface area contributed by atoms with Crippen molar-refractivity contribution in [1.29, 1.82) is 0 Å². The van der Waals surface area contributed by atoms with Gasteiger partial charge in [-0.1, -0.05) is 15.9 Å². The van der Waals surface area contributed by atoms with Crippen LogP contribution < -0.4 is 11.1 Å². The molecule has 0 aliphatic carbocycles. The highest BCUT2D eigenvalue weighted by Gasteiger charge is 2.14. The zero-order chi connectivity index (χ0) is 15.6. The maximum atomic E-state index is 13.1. The summed E-state index contributed by atoms with van der Waals surface area (Å²) in [4.78, 5) is 11.9. The molecule has 0 atom stereocenters. The molecule has 7 heteroatoms. The van der Waals surface area contributed by atoms with E-state index in [4.69, 9.17) is 5.73 Å². The zero-order valence-corrected chi connectivity index (χ0v) is 12.2. The van der Waals surface area contributed by atoms with E-state index in [0.717, 1.165) is 12.1 Å². The number of hydrogen-bond donors (Lipinski definition) is 2. The van der Waals surface area contributed by atoms with E-state index in [0.29, 0.717) is 10.0 Å². The van der Waals surface area contributed by atoms with Crippen LogP contribution in [0.4, 0.5) is 18.9 Å². The molecule has 2 aromatic carbocycles. The SMILES string of the molecule is Nc1cc(F)c(F)cc1C(=O)NCc1cc(F)ccc1Br. The van der Waals surface area contributed by atoms with Gasteiger partial charge in [-0.15, -0.1) is 0 Å². The van der Waals surface area contributed by atoms with E-state index in [1.54, 1.807) is 0 Å². The largest absolute Gasteiger partial charge is 0.398 e. The first-order chi connectivity index (χ1) is 9.88. The van der Waals surface area contributed by atoms with Crippen molar-refractivity contribution in [2.24, 2.45) is 0 Å². The van der Waals surface area contributed by atoms with Crippen LogP contribution in [0.25, 0.3) is 0 Å². The van der Waals surface area contributed by atoms with Crippen LogP contribution in [0.3, 0.4) is 0 Å². The van der Waals surface area contributed by atoms with Gasteiger partial charge >= 0.3 is 0 Å². The first-order valence-electron chi connectivity index (χ1n) is 5.85. The lowest BCUT2D eigenvalue weighted by Gasteiger charge is -2.09. The number of amides is 1. The molecule has 0 radical (unpaired) electrons. The molecule has 0 aromatic heterocycles. The van der Waals surface area contributed by atoms with Crippen LogP contribution >= 0.6 is 15.9 Å². The van der Waals surface area contributed by atoms with Gasteiger partial charge in [0, 0.05) is 22.8 Å². The molecule has 0 saturated carbocycles. The molecule has 0 unspecified atom stereocenters. The summed E-state index contributed by atoms with van der Waals surface area (Å²) in [5, 5.41) is 2.47. The van der Waals surface area contributed by atoms with E-state index in [1.165, 1.54) is 18.2 Å². The van der Waals surface area contributed by atoms with Crippen LogP contribution in [-0.4, -0.2) is 5.91 Å². The summed E-state index contributed by atoms with van der Waals surface area (Å²) in [7, 11) is 0. The summed E-state index contributed by atoms with van der Waals surface area (Å²) in [6, 6.07) is 5.48. The van der Waals surface area contributed by atoms with Crippen LogP contribution in [-0.2, 0) is 6.54 Å². The van der Waals surface area contributed by atoms with Gasteiger partial charge in [0.1, 0.15) is 5.82 Å². The number of hydrogen-bond acceptors (Lipinski definition) is 2. The van der Waals surface area contributed by atoms with Gasteiger partial charge in [-0.05, 0) is 29.8 Å². The number of anilines is 1. The van der Waals surface area contributed by atoms with Crippen molar-refractivity contribution in [3.63, 3.8) is 0 Å². The van der Waals surface area contributed by atoms with Crippen molar-refractivity contribution in [3.8, 4) is 0 Å². The van der Waals surface area contributed by atoms with Crippen molar-refractivity contribution >= 4 is 27.5 Å². The van der Waals surface area contributed by atoms with Gasteiger partial charge in [0.2, 0.25) is 0 Å². The van der Waals surface area contributed by atoms with E-state index >= 15 is 0 Å². The number of carbonyl (C=O) groups excluding carboxylic acids is 1. The Bertz CT molecular complexity index is 707. The third-order valence-electron chi connectivity index (χ3n) is 2.78. The molecule has 0 bridgehead atoms. The second-order valence-electron chi connectivity index (χ2n) is 4.27. The third kappa shape index (κ3) is 3.55. The van der Waals surface area contributed by atoms with Gasteiger partial charge in [0.15, 0.2) is 11.6 Å². The van der Waals surface area contributed by atoms with Gasteiger partial charge in [0.25, 0.3) is 5.91 Å². The van der Waals surface area contributed by atoms with E-state index < -0.39 is 23.4 Å². The standard InChI is InChI=1S/C14H10BrF3N2O/c15-10-2-1-8(16)3-7(10)6-20-14(21)9-4-11(17)12(18)5-13(9)19/h1-5H,6,19H2,(H,20,21). The van der Waals surface area contributed by atoms with Gasteiger partial charge in [-0.3, -0.25) is 4.79 Å². The summed E-state index contributed by atoms with van der Waals surface area (Å²) in [5.41, 5.74) is 5.63. The molecular weight excluding hydrogens is 349 g/mol. The first kappa shape index (κ1) is 15.4. The second kappa shape index (κ2) is 6.17.